The zero-order valence-corrected chi connectivity index (χ0v) is 16.6. The molecule has 1 aliphatic carbocycles. The van der Waals surface area contributed by atoms with E-state index in [0.29, 0.717) is 11.4 Å². The summed E-state index contributed by atoms with van der Waals surface area (Å²) in [4.78, 5) is 15.2. The second-order valence-electron chi connectivity index (χ2n) is 7.88. The average Bonchev–Trinajstić information content (AvgIpc) is 2.68. The highest BCUT2D eigenvalue weighted by molar-refractivity contribution is 6.05. The first-order chi connectivity index (χ1) is 13.5. The molecule has 8 heteroatoms. The number of anilines is 2. The first-order valence-corrected chi connectivity index (χ1v) is 10.3. The first-order valence-electron chi connectivity index (χ1n) is 10.3. The van der Waals surface area contributed by atoms with Crippen molar-refractivity contribution in [2.24, 2.45) is 21.5 Å². The molecule has 7 nitrogen and oxygen atoms in total. The third kappa shape index (κ3) is 3.41. The molecule has 1 saturated heterocycles. The van der Waals surface area contributed by atoms with Gasteiger partial charge in [-0.3, -0.25) is 4.90 Å². The summed E-state index contributed by atoms with van der Waals surface area (Å²) in [7, 11) is 0. The molecule has 28 heavy (non-hydrogen) atoms. The Kier molecular flexibility index (Phi) is 5.14. The fraction of sp³-hybridized carbons (Fsp3) is 0.600. The van der Waals surface area contributed by atoms with E-state index in [4.69, 9.17) is 11.5 Å². The number of piperazine rings is 1. The molecule has 0 aromatic heterocycles. The van der Waals surface area contributed by atoms with Crippen molar-refractivity contribution in [3.8, 4) is 0 Å². The zero-order valence-electron chi connectivity index (χ0n) is 16.6. The SMILES string of the molecule is CCN1CCN(c2ccc(N3C(N)=NC(N)=NC34CCCCC4)cc2F)CC1. The number of nitrogens with two attached hydrogens (primary N) is 2. The highest BCUT2D eigenvalue weighted by Crippen LogP contribution is 2.40. The van der Waals surface area contributed by atoms with Gasteiger partial charge in [-0.2, -0.15) is 4.99 Å². The van der Waals surface area contributed by atoms with Crippen LogP contribution in [0, 0.1) is 5.82 Å². The van der Waals surface area contributed by atoms with E-state index < -0.39 is 5.66 Å². The van der Waals surface area contributed by atoms with E-state index in [-0.39, 0.29) is 17.7 Å². The van der Waals surface area contributed by atoms with Gasteiger partial charge in [0.15, 0.2) is 0 Å². The Bertz CT molecular complexity index is 777. The van der Waals surface area contributed by atoms with E-state index in [1.165, 1.54) is 6.42 Å². The summed E-state index contributed by atoms with van der Waals surface area (Å²) in [5.41, 5.74) is 12.9. The van der Waals surface area contributed by atoms with Gasteiger partial charge in [-0.1, -0.05) is 13.3 Å². The van der Waals surface area contributed by atoms with Crippen molar-refractivity contribution in [2.45, 2.75) is 44.7 Å². The molecule has 2 heterocycles. The normalized spacial score (nSPS) is 22.9. The van der Waals surface area contributed by atoms with E-state index in [9.17, 15) is 0 Å². The fourth-order valence-corrected chi connectivity index (χ4v) is 4.69. The quantitative estimate of drug-likeness (QED) is 0.829. The predicted octanol–water partition coefficient (Wildman–Crippen LogP) is 2.08. The molecule has 0 atom stereocenters. The third-order valence-electron chi connectivity index (χ3n) is 6.20. The summed E-state index contributed by atoms with van der Waals surface area (Å²) in [6.07, 6.45) is 4.93. The lowest BCUT2D eigenvalue weighted by atomic mass is 9.87. The number of nitrogens with zero attached hydrogens (tertiary/aromatic N) is 5. The molecule has 1 spiro atoms. The fourth-order valence-electron chi connectivity index (χ4n) is 4.69. The highest BCUT2D eigenvalue weighted by Gasteiger charge is 2.42. The van der Waals surface area contributed by atoms with E-state index in [0.717, 1.165) is 58.4 Å². The molecule has 0 amide bonds. The molecule has 0 unspecified atom stereocenters. The summed E-state index contributed by atoms with van der Waals surface area (Å²) < 4.78 is 15.1. The number of hydrogen-bond acceptors (Lipinski definition) is 7. The summed E-state index contributed by atoms with van der Waals surface area (Å²) >= 11 is 0. The van der Waals surface area contributed by atoms with Crippen LogP contribution in [0.4, 0.5) is 15.8 Å². The van der Waals surface area contributed by atoms with Crippen molar-refractivity contribution < 1.29 is 4.39 Å². The Morgan fingerprint density at radius 3 is 2.43 bits per heavy atom. The highest BCUT2D eigenvalue weighted by atomic mass is 19.1. The lowest BCUT2D eigenvalue weighted by Crippen LogP contribution is -2.58. The van der Waals surface area contributed by atoms with Crippen LogP contribution in [0.5, 0.6) is 0 Å². The number of halogens is 1. The maximum atomic E-state index is 15.1. The minimum absolute atomic E-state index is 0.210. The molecule has 2 fully saturated rings. The molecular weight excluding hydrogens is 357 g/mol. The first kappa shape index (κ1) is 19.0. The Hall–Kier alpha value is -2.35. The Balaban J connectivity index is 1.62. The summed E-state index contributed by atoms with van der Waals surface area (Å²) in [6.45, 7) is 6.78. The number of rotatable bonds is 3. The second-order valence-corrected chi connectivity index (χ2v) is 7.88. The van der Waals surface area contributed by atoms with E-state index >= 15 is 4.39 Å². The smallest absolute Gasteiger partial charge is 0.220 e. The maximum Gasteiger partial charge on any atom is 0.220 e. The molecule has 2 aliphatic heterocycles. The van der Waals surface area contributed by atoms with Crippen LogP contribution < -0.4 is 21.3 Å². The third-order valence-corrected chi connectivity index (χ3v) is 6.20. The van der Waals surface area contributed by atoms with Crippen LogP contribution in [0.2, 0.25) is 0 Å². The van der Waals surface area contributed by atoms with Gasteiger partial charge in [0.1, 0.15) is 11.5 Å². The van der Waals surface area contributed by atoms with Crippen molar-refractivity contribution in [2.75, 3.05) is 42.5 Å². The van der Waals surface area contributed by atoms with Gasteiger partial charge < -0.3 is 21.3 Å². The largest absolute Gasteiger partial charge is 0.369 e. The van der Waals surface area contributed by atoms with Crippen LogP contribution in [0.1, 0.15) is 39.0 Å². The van der Waals surface area contributed by atoms with Crippen LogP contribution in [0.25, 0.3) is 0 Å². The zero-order chi connectivity index (χ0) is 19.7. The van der Waals surface area contributed by atoms with Gasteiger partial charge in [0, 0.05) is 31.9 Å². The molecule has 152 valence electrons. The van der Waals surface area contributed by atoms with Crippen LogP contribution in [0.3, 0.4) is 0 Å². The number of aliphatic imine (C=N–C) groups is 2. The van der Waals surface area contributed by atoms with Gasteiger partial charge in [-0.15, -0.1) is 0 Å². The lowest BCUT2D eigenvalue weighted by molar-refractivity contribution is 0.270. The van der Waals surface area contributed by atoms with Crippen LogP contribution >= 0.6 is 0 Å². The van der Waals surface area contributed by atoms with Crippen molar-refractivity contribution >= 4 is 23.3 Å². The molecular formula is C20H30FN7. The Labute approximate surface area is 165 Å². The number of hydrogen-bond donors (Lipinski definition) is 2. The molecule has 0 radical (unpaired) electrons. The monoisotopic (exact) mass is 387 g/mol. The summed E-state index contributed by atoms with van der Waals surface area (Å²) in [5, 5.41) is 0. The van der Waals surface area contributed by atoms with Gasteiger partial charge >= 0.3 is 0 Å². The number of likely N-dealkylation sites (N-methyl/N-ethyl adjacent to an activating group) is 1. The summed E-state index contributed by atoms with van der Waals surface area (Å²) in [6, 6.07) is 5.36. The van der Waals surface area contributed by atoms with Crippen molar-refractivity contribution in [1.29, 1.82) is 0 Å². The molecule has 4 rings (SSSR count). The van der Waals surface area contributed by atoms with E-state index in [2.05, 4.69) is 26.7 Å². The molecule has 3 aliphatic rings. The van der Waals surface area contributed by atoms with Gasteiger partial charge in [0.2, 0.25) is 11.9 Å². The lowest BCUT2D eigenvalue weighted by Gasteiger charge is -2.45. The molecule has 1 saturated carbocycles. The average molecular weight is 388 g/mol. The number of guanidine groups is 2. The van der Waals surface area contributed by atoms with E-state index in [1.54, 1.807) is 6.07 Å². The van der Waals surface area contributed by atoms with Crippen molar-refractivity contribution in [3.63, 3.8) is 0 Å². The standard InChI is InChI=1S/C20H30FN7/c1-2-26-10-12-27(13-11-26)17-7-6-15(14-16(17)21)28-19(23)24-18(22)25-20(28)8-4-3-5-9-20/h6-7,14H,2-5,8-13H2,1H3,(H4,22,23,24,25). The topological polar surface area (TPSA) is 86.5 Å². The maximum absolute atomic E-state index is 15.1. The van der Waals surface area contributed by atoms with Crippen LogP contribution in [-0.2, 0) is 0 Å². The molecule has 0 bridgehead atoms. The number of benzene rings is 1. The molecule has 4 N–H and O–H groups in total. The minimum atomic E-state index is -0.547. The second kappa shape index (κ2) is 7.58. The van der Waals surface area contributed by atoms with Crippen LogP contribution in [0.15, 0.2) is 28.2 Å². The Morgan fingerprint density at radius 1 is 1.07 bits per heavy atom. The van der Waals surface area contributed by atoms with E-state index in [1.807, 2.05) is 17.0 Å². The van der Waals surface area contributed by atoms with Crippen LogP contribution in [-0.4, -0.2) is 55.2 Å². The molecule has 1 aromatic rings. The Morgan fingerprint density at radius 2 is 1.79 bits per heavy atom. The van der Waals surface area contributed by atoms with Crippen molar-refractivity contribution in [3.05, 3.63) is 24.0 Å². The van der Waals surface area contributed by atoms with Gasteiger partial charge in [-0.05, 0) is 50.4 Å². The van der Waals surface area contributed by atoms with Gasteiger partial charge in [0.25, 0.3) is 0 Å². The van der Waals surface area contributed by atoms with Gasteiger partial charge in [0.05, 0.1) is 5.69 Å². The molecule has 1 aromatic carbocycles. The predicted molar refractivity (Wildman–Crippen MR) is 112 cm³/mol. The summed E-state index contributed by atoms with van der Waals surface area (Å²) in [5.74, 6) is 0.267. The van der Waals surface area contributed by atoms with Gasteiger partial charge in [-0.25, -0.2) is 9.38 Å². The van der Waals surface area contributed by atoms with Crippen molar-refractivity contribution in [1.82, 2.24) is 4.90 Å². The minimum Gasteiger partial charge on any atom is -0.369 e.